The van der Waals surface area contributed by atoms with Crippen LogP contribution >= 0.6 is 0 Å². The highest BCUT2D eigenvalue weighted by molar-refractivity contribution is 6.02. The molecule has 3 aliphatic heterocycles. The van der Waals surface area contributed by atoms with Gasteiger partial charge in [0.25, 0.3) is 0 Å². The van der Waals surface area contributed by atoms with E-state index in [-0.39, 0.29) is 11.8 Å². The van der Waals surface area contributed by atoms with Crippen LogP contribution in [0, 0.1) is 21.7 Å². The maximum absolute atomic E-state index is 13.9. The first-order valence-corrected chi connectivity index (χ1v) is 11.5. The summed E-state index contributed by atoms with van der Waals surface area (Å²) < 4.78 is 0. The van der Waals surface area contributed by atoms with Crippen molar-refractivity contribution in [3.63, 3.8) is 0 Å². The number of carbonyl (C=O) groups excluding carboxylic acids is 2. The van der Waals surface area contributed by atoms with Gasteiger partial charge in [0.1, 0.15) is 0 Å². The molecule has 29 heavy (non-hydrogen) atoms. The van der Waals surface area contributed by atoms with Crippen molar-refractivity contribution in [2.24, 2.45) is 21.7 Å². The molecule has 1 aliphatic carbocycles. The van der Waals surface area contributed by atoms with E-state index >= 15 is 0 Å². The molecule has 4 fully saturated rings. The molecule has 164 valence electrons. The average Bonchev–Trinajstić information content (AvgIpc) is 2.92. The third kappa shape index (κ3) is 1.63. The van der Waals surface area contributed by atoms with Crippen molar-refractivity contribution >= 4 is 11.8 Å². The zero-order chi connectivity index (χ0) is 21.7. The third-order valence-corrected chi connectivity index (χ3v) is 10.4. The minimum absolute atomic E-state index is 0.105. The molecule has 0 aromatic carbocycles. The fourth-order valence-electron chi connectivity index (χ4n) is 8.37. The van der Waals surface area contributed by atoms with Crippen LogP contribution in [0.2, 0.25) is 0 Å². The molecule has 3 heterocycles. The molecule has 6 nitrogen and oxygen atoms in total. The maximum atomic E-state index is 13.9. The summed E-state index contributed by atoms with van der Waals surface area (Å²) in [5.74, 6) is -1.80. The van der Waals surface area contributed by atoms with Gasteiger partial charge in [0.15, 0.2) is 0 Å². The fraction of sp³-hybridized carbons (Fsp3) is 0.913. The van der Waals surface area contributed by atoms with Gasteiger partial charge in [-0.25, -0.2) is 0 Å². The molecule has 3 saturated heterocycles. The Hall–Kier alpha value is -1.14. The summed E-state index contributed by atoms with van der Waals surface area (Å²) in [5, 5.41) is 24.1. The van der Waals surface area contributed by atoms with Crippen LogP contribution in [-0.4, -0.2) is 56.4 Å². The van der Waals surface area contributed by atoms with Crippen LogP contribution in [-0.2, 0) is 9.59 Å². The Kier molecular flexibility index (Phi) is 4.19. The second-order valence-corrected chi connectivity index (χ2v) is 10.6. The summed E-state index contributed by atoms with van der Waals surface area (Å²) >= 11 is 0. The van der Waals surface area contributed by atoms with Gasteiger partial charge in [-0.05, 0) is 33.1 Å². The highest BCUT2D eigenvalue weighted by Gasteiger charge is 3.01. The third-order valence-electron chi connectivity index (χ3n) is 10.4. The molecule has 3 unspecified atom stereocenters. The van der Waals surface area contributed by atoms with E-state index < -0.39 is 33.1 Å². The standard InChI is InChI=1S/C23H38N2O4/c1-7-9-12-22(28,13-10-8-2)20(5)18(3)16(26)24-14-11-15-25-17(27)19(20,4)21(18,6)23(24,25)29/h28-29H,7-15H2,1-6H3/t18-,19+,20?,21?,23?. The summed E-state index contributed by atoms with van der Waals surface area (Å²) in [6, 6.07) is 0. The lowest BCUT2D eigenvalue weighted by Gasteiger charge is -2.76. The molecule has 0 bridgehead atoms. The molecule has 0 aromatic rings. The summed E-state index contributed by atoms with van der Waals surface area (Å²) in [7, 11) is 0. The molecule has 5 atom stereocenters. The van der Waals surface area contributed by atoms with E-state index in [4.69, 9.17) is 0 Å². The van der Waals surface area contributed by atoms with Crippen LogP contribution in [0.3, 0.4) is 0 Å². The first-order valence-electron chi connectivity index (χ1n) is 11.5. The first-order chi connectivity index (χ1) is 13.4. The zero-order valence-corrected chi connectivity index (χ0v) is 19.0. The van der Waals surface area contributed by atoms with E-state index in [1.165, 1.54) is 0 Å². The molecular weight excluding hydrogens is 368 g/mol. The molecule has 0 radical (unpaired) electrons. The lowest BCUT2D eigenvalue weighted by Crippen LogP contribution is -2.83. The van der Waals surface area contributed by atoms with Gasteiger partial charge in [0.2, 0.25) is 17.7 Å². The van der Waals surface area contributed by atoms with Gasteiger partial charge in [-0.3, -0.25) is 19.4 Å². The Morgan fingerprint density at radius 2 is 1.31 bits per heavy atom. The van der Waals surface area contributed by atoms with Gasteiger partial charge in [0.05, 0.1) is 21.8 Å². The number of aliphatic hydroxyl groups is 2. The smallest absolute Gasteiger partial charge is 0.233 e. The van der Waals surface area contributed by atoms with E-state index in [1.54, 1.807) is 9.80 Å². The summed E-state index contributed by atoms with van der Waals surface area (Å²) in [4.78, 5) is 30.8. The van der Waals surface area contributed by atoms with Crippen LogP contribution in [0.5, 0.6) is 0 Å². The van der Waals surface area contributed by atoms with Crippen molar-refractivity contribution < 1.29 is 19.8 Å². The molecule has 0 aromatic heterocycles. The predicted octanol–water partition coefficient (Wildman–Crippen LogP) is 2.87. The molecule has 0 spiro atoms. The van der Waals surface area contributed by atoms with Crippen molar-refractivity contribution in [1.82, 2.24) is 9.80 Å². The Morgan fingerprint density at radius 1 is 0.897 bits per heavy atom. The van der Waals surface area contributed by atoms with Gasteiger partial charge < -0.3 is 10.2 Å². The van der Waals surface area contributed by atoms with Gasteiger partial charge >= 0.3 is 0 Å². The van der Waals surface area contributed by atoms with E-state index in [1.807, 2.05) is 27.7 Å². The normalized spacial score (nSPS) is 45.7. The Morgan fingerprint density at radius 3 is 1.69 bits per heavy atom. The molecule has 1 saturated carbocycles. The second kappa shape index (κ2) is 5.76. The van der Waals surface area contributed by atoms with Crippen molar-refractivity contribution in [2.45, 2.75) is 97.9 Å². The van der Waals surface area contributed by atoms with Gasteiger partial charge in [-0.15, -0.1) is 0 Å². The van der Waals surface area contributed by atoms with E-state index in [0.717, 1.165) is 25.7 Å². The molecule has 2 amide bonds. The number of hydrogen-bond donors (Lipinski definition) is 2. The summed E-state index contributed by atoms with van der Waals surface area (Å²) in [6.45, 7) is 12.8. The number of nitrogens with zero attached hydrogens (tertiary/aromatic N) is 2. The zero-order valence-electron chi connectivity index (χ0n) is 19.0. The number of amides is 2. The van der Waals surface area contributed by atoms with Crippen LogP contribution in [0.25, 0.3) is 0 Å². The molecule has 2 N–H and O–H groups in total. The SMILES string of the molecule is CCCCC(O)(CCCC)C1(C)[C@]2(C)C(=O)N3CCCN4C(=O)[C@@]1(C)C2(C)C34O. The maximum Gasteiger partial charge on any atom is 0.233 e. The summed E-state index contributed by atoms with van der Waals surface area (Å²) in [6.07, 6.45) is 5.39. The van der Waals surface area contributed by atoms with Crippen LogP contribution in [0.15, 0.2) is 0 Å². The predicted molar refractivity (Wildman–Crippen MR) is 109 cm³/mol. The number of unbranched alkanes of at least 4 members (excludes halogenated alkanes) is 2. The minimum Gasteiger partial charge on any atom is -0.389 e. The largest absolute Gasteiger partial charge is 0.389 e. The first kappa shape index (κ1) is 21.1. The fourth-order valence-corrected chi connectivity index (χ4v) is 8.37. The quantitative estimate of drug-likeness (QED) is 0.681. The van der Waals surface area contributed by atoms with Crippen LogP contribution in [0.1, 0.15) is 86.5 Å². The Balaban J connectivity index is 1.97. The van der Waals surface area contributed by atoms with E-state index in [2.05, 4.69) is 13.8 Å². The average molecular weight is 407 g/mol. The highest BCUT2D eigenvalue weighted by Crippen LogP contribution is 2.90. The highest BCUT2D eigenvalue weighted by atomic mass is 16.4. The molecule has 4 aliphatic rings. The second-order valence-electron chi connectivity index (χ2n) is 10.6. The van der Waals surface area contributed by atoms with Crippen molar-refractivity contribution in [3.05, 3.63) is 0 Å². The van der Waals surface area contributed by atoms with E-state index in [9.17, 15) is 19.8 Å². The number of rotatable bonds is 7. The number of carbonyl (C=O) groups is 2. The molecule has 4 rings (SSSR count). The van der Waals surface area contributed by atoms with E-state index in [0.29, 0.717) is 32.4 Å². The van der Waals surface area contributed by atoms with Gasteiger partial charge in [-0.1, -0.05) is 53.4 Å². The van der Waals surface area contributed by atoms with Crippen molar-refractivity contribution in [3.8, 4) is 0 Å². The van der Waals surface area contributed by atoms with Crippen LogP contribution in [0.4, 0.5) is 0 Å². The molecule has 6 heteroatoms. The van der Waals surface area contributed by atoms with Crippen LogP contribution < -0.4 is 0 Å². The Labute approximate surface area is 174 Å². The minimum atomic E-state index is -1.58. The number of hydrogen-bond acceptors (Lipinski definition) is 4. The van der Waals surface area contributed by atoms with Gasteiger partial charge in [-0.2, -0.15) is 0 Å². The van der Waals surface area contributed by atoms with Crippen molar-refractivity contribution in [1.29, 1.82) is 0 Å². The monoisotopic (exact) mass is 406 g/mol. The van der Waals surface area contributed by atoms with Gasteiger partial charge in [0, 0.05) is 18.5 Å². The van der Waals surface area contributed by atoms with Crippen molar-refractivity contribution in [2.75, 3.05) is 13.1 Å². The lowest BCUT2D eigenvalue weighted by atomic mass is 9.23. The lowest BCUT2D eigenvalue weighted by molar-refractivity contribution is -0.367. The Bertz CT molecular complexity index is 718. The summed E-state index contributed by atoms with van der Waals surface area (Å²) in [5.41, 5.74) is -5.06. The topological polar surface area (TPSA) is 81.1 Å². The molecular formula is C23H38N2O4.